The van der Waals surface area contributed by atoms with Crippen LogP contribution < -0.4 is 15.5 Å². The maximum atomic E-state index is 12.3. The molecule has 1 fully saturated rings. The van der Waals surface area contributed by atoms with Crippen molar-refractivity contribution in [2.75, 3.05) is 25.0 Å². The Bertz CT molecular complexity index is 480. The van der Waals surface area contributed by atoms with Gasteiger partial charge in [0.1, 0.15) is 0 Å². The van der Waals surface area contributed by atoms with Crippen molar-refractivity contribution in [3.63, 3.8) is 0 Å². The maximum Gasteiger partial charge on any atom is 0.231 e. The molecule has 102 valence electrons. The minimum atomic E-state index is 0.267. The Labute approximate surface area is 114 Å². The molecular weight excluding hydrogens is 238 g/mol. The average Bonchev–Trinajstić information content (AvgIpc) is 2.75. The fourth-order valence-electron chi connectivity index (χ4n) is 3.18. The lowest BCUT2D eigenvalue weighted by atomic mass is 10.0. The molecule has 4 nitrogen and oxygen atoms in total. The number of hydrogen-bond donors (Lipinski definition) is 2. The number of carbonyl (C=O) groups excluding carboxylic acids is 1. The van der Waals surface area contributed by atoms with Gasteiger partial charge in [0.05, 0.1) is 6.42 Å². The fourth-order valence-corrected chi connectivity index (χ4v) is 3.18. The highest BCUT2D eigenvalue weighted by Crippen LogP contribution is 2.33. The molecule has 0 atom stereocenters. The van der Waals surface area contributed by atoms with Crippen molar-refractivity contribution in [3.8, 4) is 0 Å². The predicted octanol–water partition coefficient (Wildman–Crippen LogP) is 1.05. The Morgan fingerprint density at radius 2 is 2.16 bits per heavy atom. The number of anilines is 1. The fraction of sp³-hybridized carbons (Fsp3) is 0.533. The number of piperidine rings is 1. The van der Waals surface area contributed by atoms with Crippen molar-refractivity contribution >= 4 is 11.6 Å². The first-order valence-corrected chi connectivity index (χ1v) is 7.09. The van der Waals surface area contributed by atoms with E-state index in [9.17, 15) is 4.79 Å². The van der Waals surface area contributed by atoms with E-state index in [4.69, 9.17) is 0 Å². The van der Waals surface area contributed by atoms with E-state index in [2.05, 4.69) is 28.8 Å². The first-order valence-electron chi connectivity index (χ1n) is 7.09. The van der Waals surface area contributed by atoms with Gasteiger partial charge in [0.2, 0.25) is 5.91 Å². The summed E-state index contributed by atoms with van der Waals surface area (Å²) in [5.74, 6) is 0.267. The van der Waals surface area contributed by atoms with Crippen LogP contribution in [0.1, 0.15) is 24.0 Å². The number of benzene rings is 1. The number of amides is 1. The van der Waals surface area contributed by atoms with Gasteiger partial charge < -0.3 is 15.5 Å². The zero-order valence-corrected chi connectivity index (χ0v) is 11.4. The second-order valence-electron chi connectivity index (χ2n) is 5.42. The molecule has 0 spiro atoms. The molecule has 4 heteroatoms. The highest BCUT2D eigenvalue weighted by atomic mass is 16.2. The summed E-state index contributed by atoms with van der Waals surface area (Å²) in [6.07, 6.45) is 2.68. The summed E-state index contributed by atoms with van der Waals surface area (Å²) in [5.41, 5.74) is 3.58. The Kier molecular flexibility index (Phi) is 3.53. The van der Waals surface area contributed by atoms with Crippen LogP contribution in [0.2, 0.25) is 0 Å². The quantitative estimate of drug-likeness (QED) is 0.853. The van der Waals surface area contributed by atoms with Crippen molar-refractivity contribution < 1.29 is 4.79 Å². The van der Waals surface area contributed by atoms with E-state index in [1.54, 1.807) is 0 Å². The van der Waals surface area contributed by atoms with E-state index in [0.29, 0.717) is 12.5 Å². The first kappa shape index (κ1) is 12.6. The van der Waals surface area contributed by atoms with Crippen LogP contribution in [0.4, 0.5) is 5.69 Å². The van der Waals surface area contributed by atoms with Crippen molar-refractivity contribution in [1.82, 2.24) is 10.6 Å². The smallest absolute Gasteiger partial charge is 0.231 e. The molecule has 1 aromatic carbocycles. The molecule has 0 saturated carbocycles. The molecule has 1 saturated heterocycles. The van der Waals surface area contributed by atoms with Gasteiger partial charge in [-0.05, 0) is 50.2 Å². The monoisotopic (exact) mass is 259 g/mol. The number of nitrogens with one attached hydrogen (secondary N) is 2. The van der Waals surface area contributed by atoms with Crippen LogP contribution in [0.3, 0.4) is 0 Å². The molecule has 2 aliphatic rings. The maximum absolute atomic E-state index is 12.3. The first-order chi connectivity index (χ1) is 9.29. The molecule has 1 aromatic rings. The van der Waals surface area contributed by atoms with E-state index in [0.717, 1.165) is 38.2 Å². The zero-order valence-electron chi connectivity index (χ0n) is 11.4. The van der Waals surface area contributed by atoms with Gasteiger partial charge in [0.15, 0.2) is 0 Å². The Morgan fingerprint density at radius 3 is 2.89 bits per heavy atom. The van der Waals surface area contributed by atoms with Gasteiger partial charge in [-0.15, -0.1) is 0 Å². The van der Waals surface area contributed by atoms with Gasteiger partial charge in [-0.25, -0.2) is 0 Å². The molecule has 0 radical (unpaired) electrons. The topological polar surface area (TPSA) is 44.4 Å². The Balaban J connectivity index is 1.86. The van der Waals surface area contributed by atoms with E-state index in [-0.39, 0.29) is 5.91 Å². The summed E-state index contributed by atoms with van der Waals surface area (Å²) in [4.78, 5) is 14.3. The van der Waals surface area contributed by atoms with Crippen molar-refractivity contribution in [2.24, 2.45) is 0 Å². The number of nitrogens with zero attached hydrogens (tertiary/aromatic N) is 1. The van der Waals surface area contributed by atoms with Gasteiger partial charge in [0, 0.05) is 18.3 Å². The van der Waals surface area contributed by atoms with Crippen LogP contribution in [0.15, 0.2) is 18.2 Å². The van der Waals surface area contributed by atoms with Crippen LogP contribution in [-0.2, 0) is 17.8 Å². The lowest BCUT2D eigenvalue weighted by molar-refractivity contribution is -0.117. The molecule has 2 aliphatic heterocycles. The summed E-state index contributed by atoms with van der Waals surface area (Å²) in [6, 6.07) is 6.80. The standard InChI is InChI=1S/C15H21N3O/c1-16-10-11-2-3-14-12(8-11)9-15(19)18(14)13-4-6-17-7-5-13/h2-3,8,13,16-17H,4-7,9-10H2,1H3. The average molecular weight is 259 g/mol. The summed E-state index contributed by atoms with van der Waals surface area (Å²) >= 11 is 0. The van der Waals surface area contributed by atoms with Gasteiger partial charge in [0.25, 0.3) is 0 Å². The Morgan fingerprint density at radius 1 is 1.37 bits per heavy atom. The van der Waals surface area contributed by atoms with E-state index < -0.39 is 0 Å². The number of hydrogen-bond acceptors (Lipinski definition) is 3. The van der Waals surface area contributed by atoms with E-state index in [1.165, 1.54) is 11.1 Å². The van der Waals surface area contributed by atoms with Gasteiger partial charge in [-0.1, -0.05) is 12.1 Å². The molecule has 0 unspecified atom stereocenters. The summed E-state index contributed by atoms with van der Waals surface area (Å²) < 4.78 is 0. The third kappa shape index (κ3) is 2.38. The van der Waals surface area contributed by atoms with Crippen molar-refractivity contribution in [1.29, 1.82) is 0 Å². The highest BCUT2D eigenvalue weighted by molar-refractivity contribution is 6.02. The van der Waals surface area contributed by atoms with Crippen LogP contribution in [0.25, 0.3) is 0 Å². The van der Waals surface area contributed by atoms with Gasteiger partial charge >= 0.3 is 0 Å². The molecule has 0 bridgehead atoms. The predicted molar refractivity (Wildman–Crippen MR) is 76.3 cm³/mol. The minimum Gasteiger partial charge on any atom is -0.317 e. The second kappa shape index (κ2) is 5.31. The lowest BCUT2D eigenvalue weighted by Crippen LogP contribution is -2.44. The highest BCUT2D eigenvalue weighted by Gasteiger charge is 2.33. The molecule has 1 amide bonds. The Hall–Kier alpha value is -1.39. The molecule has 2 N–H and O–H groups in total. The van der Waals surface area contributed by atoms with Crippen molar-refractivity contribution in [3.05, 3.63) is 29.3 Å². The summed E-state index contributed by atoms with van der Waals surface area (Å²) in [5, 5.41) is 6.51. The number of rotatable bonds is 3. The molecule has 19 heavy (non-hydrogen) atoms. The lowest BCUT2D eigenvalue weighted by Gasteiger charge is -2.32. The molecule has 0 aliphatic carbocycles. The molecule has 0 aromatic heterocycles. The number of fused-ring (bicyclic) bond motifs is 1. The normalized spacial score (nSPS) is 19.8. The van der Waals surface area contributed by atoms with Crippen LogP contribution in [0, 0.1) is 0 Å². The molecular formula is C15H21N3O. The van der Waals surface area contributed by atoms with Crippen LogP contribution in [-0.4, -0.2) is 32.1 Å². The van der Waals surface area contributed by atoms with Gasteiger partial charge in [-0.3, -0.25) is 4.79 Å². The largest absolute Gasteiger partial charge is 0.317 e. The van der Waals surface area contributed by atoms with Crippen LogP contribution >= 0.6 is 0 Å². The van der Waals surface area contributed by atoms with Crippen LogP contribution in [0.5, 0.6) is 0 Å². The van der Waals surface area contributed by atoms with Crippen molar-refractivity contribution in [2.45, 2.75) is 31.8 Å². The number of carbonyl (C=O) groups is 1. The third-order valence-corrected chi connectivity index (χ3v) is 4.07. The van der Waals surface area contributed by atoms with Gasteiger partial charge in [-0.2, -0.15) is 0 Å². The second-order valence-corrected chi connectivity index (χ2v) is 5.42. The molecule has 2 heterocycles. The zero-order chi connectivity index (χ0) is 13.2. The van der Waals surface area contributed by atoms with E-state index >= 15 is 0 Å². The third-order valence-electron chi connectivity index (χ3n) is 4.07. The molecule has 3 rings (SSSR count). The summed E-state index contributed by atoms with van der Waals surface area (Å²) in [7, 11) is 1.94. The SMILES string of the molecule is CNCc1ccc2c(c1)CC(=O)N2C1CCNCC1. The van der Waals surface area contributed by atoms with E-state index in [1.807, 2.05) is 11.9 Å². The minimum absolute atomic E-state index is 0.267. The summed E-state index contributed by atoms with van der Waals surface area (Å²) in [6.45, 7) is 2.89.